The van der Waals surface area contributed by atoms with Gasteiger partial charge < -0.3 is 25.0 Å². The normalized spacial score (nSPS) is 17.3. The van der Waals surface area contributed by atoms with E-state index in [9.17, 15) is 18.3 Å². The molecule has 0 fully saturated rings. The summed E-state index contributed by atoms with van der Waals surface area (Å²) in [5, 5.41) is 0. The molecule has 0 bridgehead atoms. The molecule has 4 unspecified atom stereocenters. The van der Waals surface area contributed by atoms with Gasteiger partial charge >= 0.3 is 33.0 Å². The summed E-state index contributed by atoms with van der Waals surface area (Å²) in [5.41, 5.74) is 0. The molecule has 0 aliphatic rings. The minimum Gasteiger partial charge on any atom is -0.412 e. The Morgan fingerprint density at radius 2 is 0.733 bits per heavy atom. The molecule has 15 heteroatoms. The second-order valence-corrected chi connectivity index (χ2v) is 5.03. The van der Waals surface area contributed by atoms with Crippen molar-refractivity contribution in [3.63, 3.8) is 0 Å². The van der Waals surface area contributed by atoms with Gasteiger partial charge in [-0.15, -0.1) is 0 Å². The lowest BCUT2D eigenvalue weighted by Crippen LogP contribution is -1.58. The highest BCUT2D eigenvalue weighted by Crippen LogP contribution is 2.31. The van der Waals surface area contributed by atoms with E-state index in [1.165, 1.54) is 0 Å². The third-order valence-corrected chi connectivity index (χ3v) is 3.14. The van der Waals surface area contributed by atoms with Crippen LogP contribution in [0.15, 0.2) is 0 Å². The molecule has 0 heterocycles. The van der Waals surface area contributed by atoms with Gasteiger partial charge in [0.25, 0.3) is 0 Å². The van der Waals surface area contributed by atoms with Crippen LogP contribution in [0.1, 0.15) is 0 Å². The highest BCUT2D eigenvalue weighted by molar-refractivity contribution is 7.46. The Balaban J connectivity index is -0.000000180. The fourth-order valence-electron chi connectivity index (χ4n) is 0.149. The van der Waals surface area contributed by atoms with Crippen molar-refractivity contribution in [2.45, 2.75) is 0 Å². The van der Waals surface area contributed by atoms with Gasteiger partial charge in [0, 0.05) is 0 Å². The van der Waals surface area contributed by atoms with Crippen LogP contribution in [0, 0.1) is 0 Å². The van der Waals surface area contributed by atoms with Gasteiger partial charge in [-0.1, -0.05) is 0 Å². The van der Waals surface area contributed by atoms with E-state index in [1.807, 2.05) is 0 Å². The standard InChI is InChI=1S/2H4O5P2.H2O/c2*1-6(2)5-7(3)4;/h2*6-7H,(H,1,2)(H,3,4);1H2. The average Bonchev–Trinajstić information content (AvgIpc) is 1.79. The summed E-state index contributed by atoms with van der Waals surface area (Å²) in [7, 11) is -12.8. The van der Waals surface area contributed by atoms with Crippen molar-refractivity contribution < 1.29 is 51.9 Å². The summed E-state index contributed by atoms with van der Waals surface area (Å²) in [6.07, 6.45) is 0. The molecule has 11 nitrogen and oxygen atoms in total. The second kappa shape index (κ2) is 12.7. The molecular formula is H10O11P4. The third-order valence-electron chi connectivity index (χ3n) is 0.349. The van der Waals surface area contributed by atoms with Gasteiger partial charge in [0.2, 0.25) is 0 Å². The van der Waals surface area contributed by atoms with Crippen molar-refractivity contribution in [3.8, 4) is 0 Å². The molecule has 0 saturated carbocycles. The average molecular weight is 310 g/mol. The SMILES string of the molecule is O.O=[PH](O)O[PH](=O)O.O=[PH](O)O[PH](=O)O. The Morgan fingerprint density at radius 1 is 0.600 bits per heavy atom. The number of rotatable bonds is 4. The van der Waals surface area contributed by atoms with Gasteiger partial charge in [0.05, 0.1) is 0 Å². The minimum atomic E-state index is -3.20. The van der Waals surface area contributed by atoms with Crippen LogP contribution in [0.2, 0.25) is 0 Å². The van der Waals surface area contributed by atoms with Gasteiger partial charge in [-0.25, -0.2) is 8.62 Å². The molecule has 0 saturated heterocycles. The van der Waals surface area contributed by atoms with Crippen LogP contribution in [0.4, 0.5) is 0 Å². The van der Waals surface area contributed by atoms with Crippen molar-refractivity contribution in [1.29, 1.82) is 0 Å². The molecule has 15 heavy (non-hydrogen) atoms. The van der Waals surface area contributed by atoms with E-state index in [0.29, 0.717) is 0 Å². The van der Waals surface area contributed by atoms with E-state index in [0.717, 1.165) is 0 Å². The lowest BCUT2D eigenvalue weighted by molar-refractivity contribution is 0.368. The van der Waals surface area contributed by atoms with Crippen LogP contribution in [0.3, 0.4) is 0 Å². The quantitative estimate of drug-likeness (QED) is 0.452. The molecule has 0 aromatic heterocycles. The first-order valence-corrected chi connectivity index (χ1v) is 7.58. The van der Waals surface area contributed by atoms with Gasteiger partial charge in [-0.05, 0) is 0 Å². The van der Waals surface area contributed by atoms with E-state index in [-0.39, 0.29) is 5.48 Å². The Morgan fingerprint density at radius 3 is 0.733 bits per heavy atom. The molecule has 0 aliphatic carbocycles. The zero-order valence-electron chi connectivity index (χ0n) is 6.74. The fourth-order valence-corrected chi connectivity index (χ4v) is 1.34. The predicted octanol–water partition coefficient (Wildman–Crippen LogP) is -1.29. The summed E-state index contributed by atoms with van der Waals surface area (Å²) >= 11 is 0. The minimum absolute atomic E-state index is 0. The molecule has 0 radical (unpaired) electrons. The molecule has 0 aromatic carbocycles. The van der Waals surface area contributed by atoms with E-state index in [4.69, 9.17) is 19.6 Å². The van der Waals surface area contributed by atoms with Crippen molar-refractivity contribution in [2.24, 2.45) is 0 Å². The van der Waals surface area contributed by atoms with Crippen LogP contribution in [-0.4, -0.2) is 25.0 Å². The zero-order chi connectivity index (χ0) is 11.7. The second-order valence-electron chi connectivity index (χ2n) is 1.27. The summed E-state index contributed by atoms with van der Waals surface area (Å²) in [4.78, 5) is 30.8. The lowest BCUT2D eigenvalue weighted by Gasteiger charge is -1.86. The zero-order valence-corrected chi connectivity index (χ0v) is 10.7. The largest absolute Gasteiger partial charge is 0.412 e. The summed E-state index contributed by atoms with van der Waals surface area (Å²) < 4.78 is 44.7. The molecule has 4 atom stereocenters. The molecule has 0 rings (SSSR count). The fraction of sp³-hybridized carbons (Fsp3) is 0. The van der Waals surface area contributed by atoms with E-state index >= 15 is 0 Å². The maximum atomic E-state index is 9.44. The van der Waals surface area contributed by atoms with Crippen LogP contribution >= 0.6 is 33.0 Å². The van der Waals surface area contributed by atoms with Crippen LogP contribution < -0.4 is 0 Å². The first-order chi connectivity index (χ1) is 6.25. The van der Waals surface area contributed by atoms with E-state index < -0.39 is 33.0 Å². The molecule has 0 amide bonds. The topological polar surface area (TPSA) is 199 Å². The Hall–Kier alpha value is 0.640. The number of hydrogen-bond acceptors (Lipinski definition) is 6. The smallest absolute Gasteiger partial charge is 0.323 e. The van der Waals surface area contributed by atoms with Crippen LogP contribution in [-0.2, 0) is 26.9 Å². The first kappa shape index (κ1) is 21.0. The van der Waals surface area contributed by atoms with Gasteiger partial charge in [0.1, 0.15) is 0 Å². The van der Waals surface area contributed by atoms with Crippen molar-refractivity contribution in [3.05, 3.63) is 0 Å². The molecule has 6 N–H and O–H groups in total. The van der Waals surface area contributed by atoms with Crippen molar-refractivity contribution in [1.82, 2.24) is 0 Å². The maximum Gasteiger partial charge on any atom is 0.323 e. The summed E-state index contributed by atoms with van der Waals surface area (Å²) in [5.74, 6) is 0. The Labute approximate surface area is 85.8 Å². The van der Waals surface area contributed by atoms with Gasteiger partial charge in [0.15, 0.2) is 0 Å². The number of hydrogen-bond donors (Lipinski definition) is 4. The maximum absolute atomic E-state index is 9.44. The molecule has 0 spiro atoms. The Kier molecular flexibility index (Phi) is 17.8. The predicted molar refractivity (Wildman–Crippen MR) is 50.7 cm³/mol. The highest BCUT2D eigenvalue weighted by Gasteiger charge is 1.93. The van der Waals surface area contributed by atoms with Crippen molar-refractivity contribution in [2.75, 3.05) is 0 Å². The lowest BCUT2D eigenvalue weighted by atomic mass is 15.8. The van der Waals surface area contributed by atoms with Crippen LogP contribution in [0.5, 0.6) is 0 Å². The van der Waals surface area contributed by atoms with Crippen molar-refractivity contribution >= 4 is 33.0 Å². The third kappa shape index (κ3) is 31.3. The molecule has 96 valence electrons. The van der Waals surface area contributed by atoms with Crippen LogP contribution in [0.25, 0.3) is 0 Å². The molecular weight excluding hydrogens is 300 g/mol. The first-order valence-electron chi connectivity index (χ1n) is 2.53. The van der Waals surface area contributed by atoms with Gasteiger partial charge in [-0.2, -0.15) is 0 Å². The van der Waals surface area contributed by atoms with E-state index in [1.54, 1.807) is 0 Å². The monoisotopic (exact) mass is 310 g/mol. The summed E-state index contributed by atoms with van der Waals surface area (Å²) in [6, 6.07) is 0. The molecule has 0 aliphatic heterocycles. The molecule has 0 aromatic rings. The van der Waals surface area contributed by atoms with Gasteiger partial charge in [-0.3, -0.25) is 18.3 Å². The Bertz CT molecular complexity index is 191. The summed E-state index contributed by atoms with van der Waals surface area (Å²) in [6.45, 7) is 0. The van der Waals surface area contributed by atoms with E-state index in [2.05, 4.69) is 8.62 Å². The highest BCUT2D eigenvalue weighted by atomic mass is 31.2.